The van der Waals surface area contributed by atoms with Gasteiger partial charge in [-0.15, -0.1) is 0 Å². The van der Waals surface area contributed by atoms with Gasteiger partial charge in [0.2, 0.25) is 0 Å². The van der Waals surface area contributed by atoms with Gasteiger partial charge in [0.15, 0.2) is 0 Å². The van der Waals surface area contributed by atoms with Crippen molar-refractivity contribution in [2.24, 2.45) is 0 Å². The van der Waals surface area contributed by atoms with E-state index in [1.807, 2.05) is 0 Å². The largest absolute Gasteiger partial charge is 0.397 e. The first-order chi connectivity index (χ1) is 9.47. The minimum absolute atomic E-state index is 0.134. The molecule has 0 fully saturated rings. The van der Waals surface area contributed by atoms with Crippen LogP contribution in [0.25, 0.3) is 0 Å². The Labute approximate surface area is 114 Å². The SMILES string of the molecule is Cc1ccc([N+](=O)[O-])c(NC(=O)c2ccc(N)cn2)c1. The summed E-state index contributed by atoms with van der Waals surface area (Å²) in [5, 5.41) is 13.4. The number of amides is 1. The predicted molar refractivity (Wildman–Crippen MR) is 74.4 cm³/mol. The van der Waals surface area contributed by atoms with E-state index in [1.54, 1.807) is 13.0 Å². The summed E-state index contributed by atoms with van der Waals surface area (Å²) in [7, 11) is 0. The monoisotopic (exact) mass is 272 g/mol. The van der Waals surface area contributed by atoms with E-state index < -0.39 is 10.8 Å². The maximum absolute atomic E-state index is 12.0. The van der Waals surface area contributed by atoms with Gasteiger partial charge in [-0.2, -0.15) is 0 Å². The highest BCUT2D eigenvalue weighted by atomic mass is 16.6. The molecule has 0 unspecified atom stereocenters. The van der Waals surface area contributed by atoms with Crippen LogP contribution in [0.3, 0.4) is 0 Å². The van der Waals surface area contributed by atoms with Crippen molar-refractivity contribution in [2.45, 2.75) is 6.92 Å². The molecule has 20 heavy (non-hydrogen) atoms. The lowest BCUT2D eigenvalue weighted by Crippen LogP contribution is -2.14. The van der Waals surface area contributed by atoms with Gasteiger partial charge in [-0.25, -0.2) is 4.98 Å². The van der Waals surface area contributed by atoms with Crippen molar-refractivity contribution in [1.82, 2.24) is 4.98 Å². The number of nitro benzene ring substituents is 1. The third-order valence-electron chi connectivity index (χ3n) is 2.62. The molecule has 0 atom stereocenters. The number of nitrogens with two attached hydrogens (primary N) is 1. The number of benzene rings is 1. The van der Waals surface area contributed by atoms with Crippen molar-refractivity contribution in [3.05, 3.63) is 57.9 Å². The second-order valence-electron chi connectivity index (χ2n) is 4.21. The summed E-state index contributed by atoms with van der Waals surface area (Å²) < 4.78 is 0. The van der Waals surface area contributed by atoms with E-state index in [1.165, 1.54) is 30.5 Å². The Morgan fingerprint density at radius 2 is 2.10 bits per heavy atom. The van der Waals surface area contributed by atoms with Gasteiger partial charge in [0, 0.05) is 6.07 Å². The number of pyridine rings is 1. The number of anilines is 2. The van der Waals surface area contributed by atoms with Gasteiger partial charge in [-0.05, 0) is 30.7 Å². The molecular formula is C13H12N4O3. The van der Waals surface area contributed by atoms with Gasteiger partial charge in [0.05, 0.1) is 16.8 Å². The summed E-state index contributed by atoms with van der Waals surface area (Å²) in [6, 6.07) is 7.48. The highest BCUT2D eigenvalue weighted by Gasteiger charge is 2.17. The van der Waals surface area contributed by atoms with Gasteiger partial charge in [-0.1, -0.05) is 6.07 Å². The van der Waals surface area contributed by atoms with Gasteiger partial charge >= 0.3 is 0 Å². The summed E-state index contributed by atoms with van der Waals surface area (Å²) in [5.74, 6) is -0.529. The van der Waals surface area contributed by atoms with Crippen LogP contribution in [0.1, 0.15) is 16.1 Å². The zero-order chi connectivity index (χ0) is 14.7. The number of carbonyl (C=O) groups excluding carboxylic acids is 1. The van der Waals surface area contributed by atoms with Crippen molar-refractivity contribution in [3.8, 4) is 0 Å². The van der Waals surface area contributed by atoms with Crippen molar-refractivity contribution < 1.29 is 9.72 Å². The van der Waals surface area contributed by atoms with E-state index in [4.69, 9.17) is 5.73 Å². The third-order valence-corrected chi connectivity index (χ3v) is 2.62. The van der Waals surface area contributed by atoms with Crippen LogP contribution in [0.4, 0.5) is 17.1 Å². The average Bonchev–Trinajstić information content (AvgIpc) is 2.39. The molecule has 1 heterocycles. The zero-order valence-corrected chi connectivity index (χ0v) is 10.7. The molecule has 0 radical (unpaired) electrons. The lowest BCUT2D eigenvalue weighted by molar-refractivity contribution is -0.383. The molecule has 1 aromatic heterocycles. The number of nitrogens with one attached hydrogen (secondary N) is 1. The standard InChI is InChI=1S/C13H12N4O3/c1-8-2-5-12(17(19)20)11(6-8)16-13(18)10-4-3-9(14)7-15-10/h2-7H,14H2,1H3,(H,16,18). The van der Waals surface area contributed by atoms with E-state index in [9.17, 15) is 14.9 Å². The fourth-order valence-corrected chi connectivity index (χ4v) is 1.64. The number of nitrogens with zero attached hydrogens (tertiary/aromatic N) is 2. The highest BCUT2D eigenvalue weighted by Crippen LogP contribution is 2.25. The Balaban J connectivity index is 2.29. The van der Waals surface area contributed by atoms with E-state index in [-0.39, 0.29) is 17.1 Å². The number of rotatable bonds is 3. The fraction of sp³-hybridized carbons (Fsp3) is 0.0769. The Morgan fingerprint density at radius 3 is 2.70 bits per heavy atom. The molecule has 7 heteroatoms. The van der Waals surface area contributed by atoms with Crippen molar-refractivity contribution >= 4 is 23.0 Å². The summed E-state index contributed by atoms with van der Waals surface area (Å²) in [6.07, 6.45) is 1.35. The molecule has 2 aromatic rings. The van der Waals surface area contributed by atoms with Crippen LogP contribution in [0.5, 0.6) is 0 Å². The average molecular weight is 272 g/mol. The van der Waals surface area contributed by atoms with Crippen LogP contribution in [-0.4, -0.2) is 15.8 Å². The van der Waals surface area contributed by atoms with Gasteiger partial charge in [0.1, 0.15) is 11.4 Å². The molecule has 0 saturated carbocycles. The molecule has 0 aliphatic heterocycles. The molecule has 102 valence electrons. The van der Waals surface area contributed by atoms with E-state index >= 15 is 0 Å². The molecule has 7 nitrogen and oxygen atoms in total. The van der Waals surface area contributed by atoms with Crippen LogP contribution >= 0.6 is 0 Å². The fourth-order valence-electron chi connectivity index (χ4n) is 1.64. The van der Waals surface area contributed by atoms with E-state index in [0.29, 0.717) is 5.69 Å². The molecule has 0 aliphatic rings. The molecule has 0 saturated heterocycles. The van der Waals surface area contributed by atoms with Gasteiger partial charge in [-0.3, -0.25) is 14.9 Å². The minimum Gasteiger partial charge on any atom is -0.397 e. The number of hydrogen-bond donors (Lipinski definition) is 2. The van der Waals surface area contributed by atoms with E-state index in [2.05, 4.69) is 10.3 Å². The lowest BCUT2D eigenvalue weighted by Gasteiger charge is -2.06. The number of carbonyl (C=O) groups is 1. The number of aryl methyl sites for hydroxylation is 1. The molecule has 1 amide bonds. The third kappa shape index (κ3) is 2.89. The van der Waals surface area contributed by atoms with Crippen LogP contribution in [-0.2, 0) is 0 Å². The summed E-state index contributed by atoms with van der Waals surface area (Å²) in [4.78, 5) is 26.2. The number of nitrogen functional groups attached to an aromatic ring is 1. The molecule has 0 bridgehead atoms. The molecule has 2 rings (SSSR count). The van der Waals surface area contributed by atoms with Crippen molar-refractivity contribution in [2.75, 3.05) is 11.1 Å². The number of nitro groups is 1. The Bertz CT molecular complexity index is 668. The molecule has 0 spiro atoms. The first kappa shape index (κ1) is 13.5. The Kier molecular flexibility index (Phi) is 3.60. The maximum Gasteiger partial charge on any atom is 0.292 e. The highest BCUT2D eigenvalue weighted by molar-refractivity contribution is 6.04. The van der Waals surface area contributed by atoms with Crippen molar-refractivity contribution in [1.29, 1.82) is 0 Å². The second kappa shape index (κ2) is 5.35. The topological polar surface area (TPSA) is 111 Å². The second-order valence-corrected chi connectivity index (χ2v) is 4.21. The first-order valence-corrected chi connectivity index (χ1v) is 5.75. The Hall–Kier alpha value is -2.96. The van der Waals surface area contributed by atoms with Gasteiger partial charge in [0.25, 0.3) is 11.6 Å². The summed E-state index contributed by atoms with van der Waals surface area (Å²) >= 11 is 0. The van der Waals surface area contributed by atoms with Crippen LogP contribution in [0.2, 0.25) is 0 Å². The summed E-state index contributed by atoms with van der Waals surface area (Å²) in [5.41, 5.74) is 6.82. The zero-order valence-electron chi connectivity index (χ0n) is 10.7. The smallest absolute Gasteiger partial charge is 0.292 e. The molecular weight excluding hydrogens is 260 g/mol. The molecule has 0 aliphatic carbocycles. The normalized spacial score (nSPS) is 10.1. The minimum atomic E-state index is -0.550. The quantitative estimate of drug-likeness (QED) is 0.656. The maximum atomic E-state index is 12.0. The van der Waals surface area contributed by atoms with E-state index in [0.717, 1.165) is 5.56 Å². The van der Waals surface area contributed by atoms with Crippen molar-refractivity contribution in [3.63, 3.8) is 0 Å². The number of hydrogen-bond acceptors (Lipinski definition) is 5. The van der Waals surface area contributed by atoms with Crippen LogP contribution in [0.15, 0.2) is 36.5 Å². The van der Waals surface area contributed by atoms with Gasteiger partial charge < -0.3 is 11.1 Å². The summed E-state index contributed by atoms with van der Waals surface area (Å²) in [6.45, 7) is 1.78. The first-order valence-electron chi connectivity index (χ1n) is 5.75. The predicted octanol–water partition coefficient (Wildman–Crippen LogP) is 2.13. The Morgan fingerprint density at radius 1 is 1.35 bits per heavy atom. The number of aromatic nitrogens is 1. The van der Waals surface area contributed by atoms with Crippen LogP contribution in [0, 0.1) is 17.0 Å². The molecule has 3 N–H and O–H groups in total. The lowest BCUT2D eigenvalue weighted by atomic mass is 10.2. The molecule has 1 aromatic carbocycles. The van der Waals surface area contributed by atoms with Crippen LogP contribution < -0.4 is 11.1 Å².